The van der Waals surface area contributed by atoms with Gasteiger partial charge in [-0.15, -0.1) is 0 Å². The summed E-state index contributed by atoms with van der Waals surface area (Å²) in [7, 11) is 0. The lowest BCUT2D eigenvalue weighted by molar-refractivity contribution is -0.394. The monoisotopic (exact) mass is 325 g/mol. The van der Waals surface area contributed by atoms with Crippen molar-refractivity contribution in [2.24, 2.45) is 0 Å². The van der Waals surface area contributed by atoms with Gasteiger partial charge in [-0.1, -0.05) is 0 Å². The largest absolute Gasteiger partial charge is 0.461 e. The first kappa shape index (κ1) is 18.0. The summed E-state index contributed by atoms with van der Waals surface area (Å²) in [6.45, 7) is 4.64. The fraction of sp³-hybridized carbons (Fsp3) is 0.385. The highest BCUT2D eigenvalue weighted by atomic mass is 16.6. The molecule has 124 valence electrons. The summed E-state index contributed by atoms with van der Waals surface area (Å²) in [6.07, 6.45) is -0.374. The second-order valence-electron chi connectivity index (χ2n) is 4.93. The Kier molecular flexibility index (Phi) is 5.71. The van der Waals surface area contributed by atoms with Crippen molar-refractivity contribution in [3.8, 4) is 0 Å². The molecule has 0 aliphatic rings. The second-order valence-corrected chi connectivity index (χ2v) is 4.93. The molecule has 0 bridgehead atoms. The smallest absolute Gasteiger partial charge is 0.328 e. The van der Waals surface area contributed by atoms with E-state index in [0.29, 0.717) is 0 Å². The van der Waals surface area contributed by atoms with Gasteiger partial charge in [0.2, 0.25) is 0 Å². The van der Waals surface area contributed by atoms with Crippen LogP contribution in [0.2, 0.25) is 0 Å². The van der Waals surface area contributed by atoms with Crippen LogP contribution in [-0.4, -0.2) is 33.9 Å². The number of hydrogen-bond acceptors (Lipinski definition) is 7. The number of carbonyl (C=O) groups is 2. The van der Waals surface area contributed by atoms with Gasteiger partial charge in [0.15, 0.2) is 0 Å². The zero-order chi connectivity index (χ0) is 17.7. The highest BCUT2D eigenvalue weighted by molar-refractivity contribution is 5.97. The van der Waals surface area contributed by atoms with Gasteiger partial charge in [-0.3, -0.25) is 25.0 Å². The van der Waals surface area contributed by atoms with Gasteiger partial charge in [0.05, 0.1) is 27.6 Å². The van der Waals surface area contributed by atoms with Gasteiger partial charge in [-0.25, -0.2) is 4.79 Å². The number of amides is 1. The third-order valence-corrected chi connectivity index (χ3v) is 2.64. The van der Waals surface area contributed by atoms with Crippen LogP contribution >= 0.6 is 0 Å². The maximum absolute atomic E-state index is 12.0. The van der Waals surface area contributed by atoms with Gasteiger partial charge >= 0.3 is 5.97 Å². The van der Waals surface area contributed by atoms with Crippen LogP contribution in [0.25, 0.3) is 0 Å². The normalized spacial score (nSPS) is 11.7. The van der Waals surface area contributed by atoms with Crippen molar-refractivity contribution < 1.29 is 24.2 Å². The summed E-state index contributed by atoms with van der Waals surface area (Å²) < 4.78 is 4.90. The van der Waals surface area contributed by atoms with Crippen molar-refractivity contribution in [3.05, 3.63) is 44.0 Å². The van der Waals surface area contributed by atoms with E-state index in [9.17, 15) is 29.8 Å². The molecule has 1 aromatic rings. The number of hydrogen-bond donors (Lipinski definition) is 1. The highest BCUT2D eigenvalue weighted by Crippen LogP contribution is 2.22. The molecule has 1 rings (SSSR count). The molecule has 0 aromatic heterocycles. The molecule has 23 heavy (non-hydrogen) atoms. The lowest BCUT2D eigenvalue weighted by Gasteiger charge is -2.15. The molecule has 1 aromatic carbocycles. The molecule has 0 saturated carbocycles. The van der Waals surface area contributed by atoms with E-state index in [2.05, 4.69) is 5.32 Å². The molecule has 0 heterocycles. The molecule has 1 N–H and O–H groups in total. The number of nitrogens with zero attached hydrogens (tertiary/aromatic N) is 2. The number of nitrogens with one attached hydrogen (secondary N) is 1. The van der Waals surface area contributed by atoms with Gasteiger partial charge < -0.3 is 10.1 Å². The predicted molar refractivity (Wildman–Crippen MR) is 77.9 cm³/mol. The predicted octanol–water partition coefficient (Wildman–Crippen LogP) is 1.57. The minimum Gasteiger partial charge on any atom is -0.461 e. The molecule has 0 aliphatic carbocycles. The number of carbonyl (C=O) groups excluding carboxylic acids is 2. The van der Waals surface area contributed by atoms with E-state index in [1.54, 1.807) is 13.8 Å². The summed E-state index contributed by atoms with van der Waals surface area (Å²) in [5, 5.41) is 23.8. The van der Waals surface area contributed by atoms with Crippen LogP contribution in [0.3, 0.4) is 0 Å². The lowest BCUT2D eigenvalue weighted by Crippen LogP contribution is -2.40. The SMILES string of the molecule is CC(C)OC(=O)[C@H](C)NC(=O)c1cc([N+](=O)[O-])cc([N+](=O)[O-])c1. The molecule has 0 unspecified atom stereocenters. The van der Waals surface area contributed by atoms with Gasteiger partial charge in [-0.05, 0) is 20.8 Å². The summed E-state index contributed by atoms with van der Waals surface area (Å²) >= 11 is 0. The van der Waals surface area contributed by atoms with Crippen LogP contribution in [0, 0.1) is 20.2 Å². The Bertz CT molecular complexity index is 625. The average Bonchev–Trinajstić information content (AvgIpc) is 2.45. The van der Waals surface area contributed by atoms with Crippen molar-refractivity contribution >= 4 is 23.3 Å². The lowest BCUT2D eigenvalue weighted by atomic mass is 10.1. The van der Waals surface area contributed by atoms with E-state index in [-0.39, 0.29) is 11.7 Å². The van der Waals surface area contributed by atoms with Crippen molar-refractivity contribution in [2.45, 2.75) is 32.9 Å². The standard InChI is InChI=1S/C13H15N3O7/c1-7(2)23-13(18)8(3)14-12(17)9-4-10(15(19)20)6-11(5-9)16(21)22/h4-8H,1-3H3,(H,14,17)/t8-/m0/s1. The maximum Gasteiger partial charge on any atom is 0.328 e. The molecule has 1 atom stereocenters. The summed E-state index contributed by atoms with van der Waals surface area (Å²) in [6, 6.07) is 1.52. The Balaban J connectivity index is 3.01. The van der Waals surface area contributed by atoms with Crippen molar-refractivity contribution in [2.75, 3.05) is 0 Å². The molecule has 0 spiro atoms. The number of nitro groups is 2. The van der Waals surface area contributed by atoms with Crippen LogP contribution in [0.1, 0.15) is 31.1 Å². The molecular formula is C13H15N3O7. The van der Waals surface area contributed by atoms with E-state index < -0.39 is 39.1 Å². The summed E-state index contributed by atoms with van der Waals surface area (Å²) in [5.74, 6) is -1.54. The third kappa shape index (κ3) is 5.02. The molecule has 0 radical (unpaired) electrons. The van der Waals surface area contributed by atoms with Crippen LogP contribution in [0.15, 0.2) is 18.2 Å². The summed E-state index contributed by atoms with van der Waals surface area (Å²) in [4.78, 5) is 43.5. The number of esters is 1. The number of ether oxygens (including phenoxy) is 1. The minimum absolute atomic E-state index is 0.296. The number of benzene rings is 1. The van der Waals surface area contributed by atoms with Crippen LogP contribution in [0.5, 0.6) is 0 Å². The van der Waals surface area contributed by atoms with E-state index in [4.69, 9.17) is 4.74 Å². The number of non-ortho nitro benzene ring substituents is 2. The molecule has 10 nitrogen and oxygen atoms in total. The Morgan fingerprint density at radius 2 is 1.52 bits per heavy atom. The zero-order valence-corrected chi connectivity index (χ0v) is 12.6. The highest BCUT2D eigenvalue weighted by Gasteiger charge is 2.23. The number of nitro benzene ring substituents is 2. The van der Waals surface area contributed by atoms with Gasteiger partial charge in [0.1, 0.15) is 6.04 Å². The molecule has 10 heteroatoms. The Hall–Kier alpha value is -3.04. The first-order valence-corrected chi connectivity index (χ1v) is 6.57. The first-order valence-electron chi connectivity index (χ1n) is 6.57. The molecule has 0 aliphatic heterocycles. The number of rotatable bonds is 6. The van der Waals surface area contributed by atoms with Crippen molar-refractivity contribution in [3.63, 3.8) is 0 Å². The Morgan fingerprint density at radius 1 is 1.04 bits per heavy atom. The quantitative estimate of drug-likeness (QED) is 0.475. The minimum atomic E-state index is -1.01. The Labute approximate surface area is 130 Å². The topological polar surface area (TPSA) is 142 Å². The molecule has 0 saturated heterocycles. The molecular weight excluding hydrogens is 310 g/mol. The Morgan fingerprint density at radius 3 is 1.91 bits per heavy atom. The van der Waals surface area contributed by atoms with Crippen molar-refractivity contribution in [1.82, 2.24) is 5.32 Å². The van der Waals surface area contributed by atoms with E-state index in [0.717, 1.165) is 18.2 Å². The van der Waals surface area contributed by atoms with Crippen molar-refractivity contribution in [1.29, 1.82) is 0 Å². The van der Waals surface area contributed by atoms with E-state index >= 15 is 0 Å². The van der Waals surface area contributed by atoms with Crippen LogP contribution < -0.4 is 5.32 Å². The fourth-order valence-electron chi connectivity index (χ4n) is 1.61. The maximum atomic E-state index is 12.0. The average molecular weight is 325 g/mol. The fourth-order valence-corrected chi connectivity index (χ4v) is 1.61. The van der Waals surface area contributed by atoms with Crippen LogP contribution in [-0.2, 0) is 9.53 Å². The third-order valence-electron chi connectivity index (χ3n) is 2.64. The van der Waals surface area contributed by atoms with E-state index in [1.165, 1.54) is 6.92 Å². The first-order chi connectivity index (χ1) is 10.6. The molecule has 1 amide bonds. The van der Waals surface area contributed by atoms with Gasteiger partial charge in [0, 0.05) is 12.1 Å². The van der Waals surface area contributed by atoms with Gasteiger partial charge in [-0.2, -0.15) is 0 Å². The van der Waals surface area contributed by atoms with Crippen LogP contribution in [0.4, 0.5) is 11.4 Å². The zero-order valence-electron chi connectivity index (χ0n) is 12.6. The second kappa shape index (κ2) is 7.29. The summed E-state index contributed by atoms with van der Waals surface area (Å²) in [5.41, 5.74) is -1.49. The van der Waals surface area contributed by atoms with E-state index in [1.807, 2.05) is 0 Å². The molecule has 0 fully saturated rings. The van der Waals surface area contributed by atoms with Gasteiger partial charge in [0.25, 0.3) is 17.3 Å².